The Morgan fingerprint density at radius 1 is 0.464 bits per heavy atom. The summed E-state index contributed by atoms with van der Waals surface area (Å²) < 4.78 is 0. The summed E-state index contributed by atoms with van der Waals surface area (Å²) in [7, 11) is 0. The minimum Gasteiger partial charge on any atom is -0.334 e. The largest absolute Gasteiger partial charge is 0.334 e. The Balaban J connectivity index is 0.000000207. The number of halogens is 2. The van der Waals surface area contributed by atoms with Crippen molar-refractivity contribution in [3.05, 3.63) is 70.8 Å². The Morgan fingerprint density at radius 3 is 1.18 bits per heavy atom. The molecule has 8 rings (SSSR count). The van der Waals surface area contributed by atoms with Crippen LogP contribution in [0.2, 0.25) is 0 Å². The first-order valence-corrected chi connectivity index (χ1v) is 22.3. The lowest BCUT2D eigenvalue weighted by atomic mass is 10.1. The highest BCUT2D eigenvalue weighted by Crippen LogP contribution is 2.25. The Morgan fingerprint density at radius 2 is 0.821 bits per heavy atom. The first-order valence-electron chi connectivity index (χ1n) is 22.3. The summed E-state index contributed by atoms with van der Waals surface area (Å²) in [6, 6.07) is 19.0. The van der Waals surface area contributed by atoms with E-state index in [1.807, 2.05) is 24.3 Å². The van der Waals surface area contributed by atoms with Crippen molar-refractivity contribution in [2.75, 3.05) is 65.4 Å². The van der Waals surface area contributed by atoms with E-state index in [0.29, 0.717) is 12.1 Å². The molecule has 0 spiro atoms. The standard InChI is InChI=1S/2C23H35N3O.2ClH/c2*27-23(26-17-5-8-22(26)18-25-15-3-4-16-25)20-11-9-19(10-12-20)13-14-24-21-6-1-2-7-21;;/h2*9-12,21-22,24H,1-8,13-18H2;2*1H/t2*22-;;/m00../s1. The third kappa shape index (κ3) is 12.9. The maximum atomic E-state index is 13.0. The minimum absolute atomic E-state index is 0. The first kappa shape index (κ1) is 44.9. The molecule has 2 aromatic carbocycles. The fourth-order valence-corrected chi connectivity index (χ4v) is 10.2. The number of nitrogens with zero attached hydrogens (tertiary/aromatic N) is 4. The predicted octanol–water partition coefficient (Wildman–Crippen LogP) is 7.77. The second-order valence-electron chi connectivity index (χ2n) is 17.4. The van der Waals surface area contributed by atoms with Crippen LogP contribution in [0.1, 0.15) is 135 Å². The van der Waals surface area contributed by atoms with Gasteiger partial charge in [0.25, 0.3) is 11.8 Å². The molecule has 2 atom stereocenters. The van der Waals surface area contributed by atoms with Crippen LogP contribution >= 0.6 is 24.8 Å². The summed E-state index contributed by atoms with van der Waals surface area (Å²) in [4.78, 5) is 35.4. The molecule has 0 radical (unpaired) electrons. The second kappa shape index (κ2) is 23.4. The van der Waals surface area contributed by atoms with Gasteiger partial charge in [-0.25, -0.2) is 0 Å². The lowest BCUT2D eigenvalue weighted by molar-refractivity contribution is 0.0701. The topological polar surface area (TPSA) is 71.2 Å². The van der Waals surface area contributed by atoms with Gasteiger partial charge >= 0.3 is 0 Å². The highest BCUT2D eigenvalue weighted by atomic mass is 35.5. The van der Waals surface area contributed by atoms with Crippen molar-refractivity contribution in [2.24, 2.45) is 0 Å². The van der Waals surface area contributed by atoms with E-state index >= 15 is 0 Å². The molecule has 0 unspecified atom stereocenters. The number of hydrogen-bond acceptors (Lipinski definition) is 6. The number of likely N-dealkylation sites (tertiary alicyclic amines) is 4. The van der Waals surface area contributed by atoms with E-state index in [9.17, 15) is 9.59 Å². The van der Waals surface area contributed by atoms with Crippen LogP contribution < -0.4 is 10.6 Å². The molecule has 56 heavy (non-hydrogen) atoms. The molecule has 2 saturated carbocycles. The third-order valence-electron chi connectivity index (χ3n) is 13.4. The van der Waals surface area contributed by atoms with Crippen molar-refractivity contribution in [3.63, 3.8) is 0 Å². The smallest absolute Gasteiger partial charge is 0.254 e. The lowest BCUT2D eigenvalue weighted by Gasteiger charge is -2.28. The van der Waals surface area contributed by atoms with E-state index in [4.69, 9.17) is 0 Å². The van der Waals surface area contributed by atoms with Crippen molar-refractivity contribution in [1.82, 2.24) is 30.2 Å². The highest BCUT2D eigenvalue weighted by Gasteiger charge is 2.32. The van der Waals surface area contributed by atoms with Crippen LogP contribution in [0.4, 0.5) is 0 Å². The summed E-state index contributed by atoms with van der Waals surface area (Å²) in [6.07, 6.45) is 22.8. The third-order valence-corrected chi connectivity index (χ3v) is 13.4. The van der Waals surface area contributed by atoms with Gasteiger partial charge < -0.3 is 30.2 Å². The molecule has 6 fully saturated rings. The Kier molecular flexibility index (Phi) is 18.8. The molecule has 0 aromatic heterocycles. The number of carbonyl (C=O) groups is 2. The summed E-state index contributed by atoms with van der Waals surface area (Å²) in [5.74, 6) is 0.458. The molecule has 2 N–H and O–H groups in total. The van der Waals surface area contributed by atoms with Gasteiger partial charge in [-0.1, -0.05) is 49.9 Å². The van der Waals surface area contributed by atoms with E-state index in [1.54, 1.807) is 0 Å². The molecule has 4 heterocycles. The molecule has 0 bridgehead atoms. The predicted molar refractivity (Wildman–Crippen MR) is 235 cm³/mol. The van der Waals surface area contributed by atoms with Crippen LogP contribution in [0.3, 0.4) is 0 Å². The fraction of sp³-hybridized carbons (Fsp3) is 0.696. The maximum Gasteiger partial charge on any atom is 0.254 e. The van der Waals surface area contributed by atoms with Crippen LogP contribution in [0.15, 0.2) is 48.5 Å². The summed E-state index contributed by atoms with van der Waals surface area (Å²) in [6.45, 7) is 10.9. The van der Waals surface area contributed by atoms with Gasteiger partial charge in [-0.05, 0) is 165 Å². The molecule has 10 heteroatoms. The highest BCUT2D eigenvalue weighted by molar-refractivity contribution is 5.95. The zero-order chi connectivity index (χ0) is 37.0. The number of hydrogen-bond donors (Lipinski definition) is 2. The molecular formula is C46H72Cl2N6O2. The Hall–Kier alpha value is -2.20. The van der Waals surface area contributed by atoms with E-state index in [-0.39, 0.29) is 36.6 Å². The van der Waals surface area contributed by atoms with E-state index in [2.05, 4.69) is 54.5 Å². The van der Waals surface area contributed by atoms with Crippen LogP contribution in [0, 0.1) is 0 Å². The first-order chi connectivity index (χ1) is 26.6. The Labute approximate surface area is 351 Å². The van der Waals surface area contributed by atoms with Crippen LogP contribution in [-0.2, 0) is 12.8 Å². The van der Waals surface area contributed by atoms with Gasteiger partial charge in [-0.3, -0.25) is 9.59 Å². The van der Waals surface area contributed by atoms with Crippen molar-refractivity contribution in [3.8, 4) is 0 Å². The second-order valence-corrected chi connectivity index (χ2v) is 17.4. The van der Waals surface area contributed by atoms with Gasteiger partial charge in [0.15, 0.2) is 0 Å². The van der Waals surface area contributed by atoms with Crippen molar-refractivity contribution >= 4 is 36.6 Å². The van der Waals surface area contributed by atoms with Gasteiger partial charge in [0, 0.05) is 61.5 Å². The van der Waals surface area contributed by atoms with Gasteiger partial charge in [0.1, 0.15) is 0 Å². The van der Waals surface area contributed by atoms with Crippen LogP contribution in [0.5, 0.6) is 0 Å². The summed E-state index contributed by atoms with van der Waals surface area (Å²) in [5, 5.41) is 7.34. The number of nitrogens with one attached hydrogen (secondary N) is 2. The van der Waals surface area contributed by atoms with E-state index < -0.39 is 0 Å². The number of amides is 2. The molecule has 2 aliphatic carbocycles. The number of carbonyl (C=O) groups excluding carboxylic acids is 2. The van der Waals surface area contributed by atoms with Crippen LogP contribution in [-0.4, -0.2) is 121 Å². The van der Waals surface area contributed by atoms with E-state index in [1.165, 1.54) is 114 Å². The van der Waals surface area contributed by atoms with Crippen LogP contribution in [0.25, 0.3) is 0 Å². The molecule has 8 nitrogen and oxygen atoms in total. The normalized spacial score (nSPS) is 23.3. The number of benzene rings is 2. The molecular weight excluding hydrogens is 739 g/mol. The number of rotatable bonds is 14. The summed E-state index contributed by atoms with van der Waals surface area (Å²) >= 11 is 0. The van der Waals surface area contributed by atoms with Gasteiger partial charge in [0.05, 0.1) is 0 Å². The van der Waals surface area contributed by atoms with Gasteiger partial charge in [0.2, 0.25) is 0 Å². The molecule has 312 valence electrons. The van der Waals surface area contributed by atoms with Crippen molar-refractivity contribution < 1.29 is 9.59 Å². The van der Waals surface area contributed by atoms with Gasteiger partial charge in [-0.2, -0.15) is 0 Å². The van der Waals surface area contributed by atoms with E-state index in [0.717, 1.165) is 101 Å². The van der Waals surface area contributed by atoms with Crippen molar-refractivity contribution in [1.29, 1.82) is 0 Å². The molecule has 2 amide bonds. The molecule has 2 aromatic rings. The fourth-order valence-electron chi connectivity index (χ4n) is 10.2. The molecule has 4 aliphatic heterocycles. The molecule has 4 saturated heterocycles. The molecule has 6 aliphatic rings. The SMILES string of the molecule is Cl.Cl.O=C(c1ccc(CCNC2CCCC2)cc1)N1CCC[C@H]1CN1CCCC1.O=C(c1ccc(CCNC2CCCC2)cc1)N1CCC[C@H]1CN1CCCC1. The van der Waals surface area contributed by atoms with Crippen molar-refractivity contribution in [2.45, 2.75) is 140 Å². The average Bonchev–Trinajstić information content (AvgIpc) is 4.05. The zero-order valence-electron chi connectivity index (χ0n) is 34.1. The lowest BCUT2D eigenvalue weighted by Crippen LogP contribution is -2.42. The quantitative estimate of drug-likeness (QED) is 0.203. The summed E-state index contributed by atoms with van der Waals surface area (Å²) in [5.41, 5.74) is 4.37. The van der Waals surface area contributed by atoms with Gasteiger partial charge in [-0.15, -0.1) is 24.8 Å². The monoisotopic (exact) mass is 811 g/mol. The zero-order valence-corrected chi connectivity index (χ0v) is 35.8. The Bertz CT molecular complexity index is 1330. The maximum absolute atomic E-state index is 13.0. The average molecular weight is 812 g/mol. The minimum atomic E-state index is 0.